The van der Waals surface area contributed by atoms with Gasteiger partial charge in [0.2, 0.25) is 0 Å². The van der Waals surface area contributed by atoms with Crippen LogP contribution in [0.3, 0.4) is 0 Å². The minimum Gasteiger partial charge on any atom is -0.432 e. The van der Waals surface area contributed by atoms with Gasteiger partial charge in [-0.15, -0.1) is 0 Å². The van der Waals surface area contributed by atoms with E-state index in [0.717, 1.165) is 0 Å². The number of anilines is 1. The number of piperidine rings is 1. The lowest BCUT2D eigenvalue weighted by Gasteiger charge is -2.30. The van der Waals surface area contributed by atoms with Crippen molar-refractivity contribution in [3.63, 3.8) is 0 Å². The SMILES string of the molecule is O=C(CC1CCN(c2ncco2)CC1)OC(=O)C(F)(F)F. The van der Waals surface area contributed by atoms with E-state index in [2.05, 4.69) is 9.72 Å². The molecule has 2 rings (SSSR count). The standard InChI is InChI=1S/C12H13F3N2O4/c13-12(14,15)10(19)21-9(18)7-8-1-4-17(5-2-8)11-16-3-6-20-11/h3,6,8H,1-2,4-5,7H2. The Morgan fingerprint density at radius 1 is 1.38 bits per heavy atom. The number of rotatable bonds is 3. The van der Waals surface area contributed by atoms with Gasteiger partial charge in [-0.05, 0) is 18.8 Å². The first-order chi connectivity index (χ1) is 9.86. The van der Waals surface area contributed by atoms with Gasteiger partial charge < -0.3 is 14.1 Å². The third-order valence-electron chi connectivity index (χ3n) is 3.20. The Labute approximate surface area is 117 Å². The first-order valence-electron chi connectivity index (χ1n) is 6.32. The van der Waals surface area contributed by atoms with E-state index < -0.39 is 18.1 Å². The van der Waals surface area contributed by atoms with Gasteiger partial charge in [-0.25, -0.2) is 9.78 Å². The molecular weight excluding hydrogens is 293 g/mol. The van der Waals surface area contributed by atoms with Crippen LogP contribution in [-0.4, -0.2) is 36.2 Å². The van der Waals surface area contributed by atoms with Crippen molar-refractivity contribution >= 4 is 18.0 Å². The number of hydrogen-bond donors (Lipinski definition) is 0. The Balaban J connectivity index is 1.76. The number of esters is 2. The molecule has 0 bridgehead atoms. The molecule has 2 heterocycles. The topological polar surface area (TPSA) is 72.6 Å². The molecule has 0 unspecified atom stereocenters. The number of nitrogens with zero attached hydrogens (tertiary/aromatic N) is 2. The molecule has 1 aliphatic rings. The molecule has 0 N–H and O–H groups in total. The highest BCUT2D eigenvalue weighted by atomic mass is 19.4. The monoisotopic (exact) mass is 306 g/mol. The van der Waals surface area contributed by atoms with Crippen LogP contribution in [0.2, 0.25) is 0 Å². The van der Waals surface area contributed by atoms with Crippen molar-refractivity contribution in [1.82, 2.24) is 4.98 Å². The van der Waals surface area contributed by atoms with E-state index in [0.29, 0.717) is 31.9 Å². The maximum Gasteiger partial charge on any atom is 0.491 e. The summed E-state index contributed by atoms with van der Waals surface area (Å²) in [7, 11) is 0. The lowest BCUT2D eigenvalue weighted by molar-refractivity contribution is -0.202. The number of carbonyl (C=O) groups excluding carboxylic acids is 2. The van der Waals surface area contributed by atoms with Crippen molar-refractivity contribution in [3.05, 3.63) is 12.5 Å². The molecule has 6 nitrogen and oxygen atoms in total. The van der Waals surface area contributed by atoms with Gasteiger partial charge in [-0.1, -0.05) is 0 Å². The first-order valence-corrected chi connectivity index (χ1v) is 6.32. The van der Waals surface area contributed by atoms with Crippen LogP contribution in [0.5, 0.6) is 0 Å². The zero-order chi connectivity index (χ0) is 15.5. The highest BCUT2D eigenvalue weighted by Gasteiger charge is 2.42. The average molecular weight is 306 g/mol. The normalized spacial score (nSPS) is 16.8. The molecule has 0 spiro atoms. The predicted molar refractivity (Wildman–Crippen MR) is 63.2 cm³/mol. The lowest BCUT2D eigenvalue weighted by Crippen LogP contribution is -2.35. The molecule has 116 valence electrons. The first kappa shape index (κ1) is 15.3. The molecule has 0 radical (unpaired) electrons. The Bertz CT molecular complexity index is 493. The van der Waals surface area contributed by atoms with E-state index in [1.54, 1.807) is 0 Å². The average Bonchev–Trinajstić information content (AvgIpc) is 2.92. The van der Waals surface area contributed by atoms with Crippen molar-refractivity contribution in [2.45, 2.75) is 25.4 Å². The van der Waals surface area contributed by atoms with Crippen LogP contribution < -0.4 is 4.90 Å². The highest BCUT2D eigenvalue weighted by molar-refractivity contribution is 5.88. The molecule has 0 aliphatic carbocycles. The van der Waals surface area contributed by atoms with Crippen molar-refractivity contribution in [3.8, 4) is 0 Å². The summed E-state index contributed by atoms with van der Waals surface area (Å²) < 4.78 is 44.7. The molecule has 1 aromatic heterocycles. The molecule has 21 heavy (non-hydrogen) atoms. The lowest BCUT2D eigenvalue weighted by atomic mass is 9.94. The molecule has 1 aromatic rings. The van der Waals surface area contributed by atoms with Gasteiger partial charge in [0.05, 0.1) is 6.20 Å². The maximum absolute atomic E-state index is 11.9. The van der Waals surface area contributed by atoms with Gasteiger partial charge in [0.25, 0.3) is 6.01 Å². The molecule has 0 amide bonds. The van der Waals surface area contributed by atoms with Crippen molar-refractivity contribution in [2.24, 2.45) is 5.92 Å². The van der Waals surface area contributed by atoms with Crippen LogP contribution in [0.4, 0.5) is 19.2 Å². The maximum atomic E-state index is 11.9. The third-order valence-corrected chi connectivity index (χ3v) is 3.20. The van der Waals surface area contributed by atoms with Crippen LogP contribution in [-0.2, 0) is 14.3 Å². The van der Waals surface area contributed by atoms with Crippen LogP contribution in [0.1, 0.15) is 19.3 Å². The summed E-state index contributed by atoms with van der Waals surface area (Å²) in [6.07, 6.45) is -1.23. The molecule has 9 heteroatoms. The molecule has 1 fully saturated rings. The minimum absolute atomic E-state index is 0.121. The molecule has 0 atom stereocenters. The van der Waals surface area contributed by atoms with Gasteiger partial charge in [0.1, 0.15) is 6.26 Å². The van der Waals surface area contributed by atoms with E-state index in [9.17, 15) is 22.8 Å². The number of carbonyl (C=O) groups is 2. The summed E-state index contributed by atoms with van der Waals surface area (Å²) in [6.45, 7) is 1.15. The van der Waals surface area contributed by atoms with Gasteiger partial charge in [0, 0.05) is 19.5 Å². The zero-order valence-electron chi connectivity index (χ0n) is 10.9. The number of halogens is 3. The second-order valence-corrected chi connectivity index (χ2v) is 4.71. The highest BCUT2D eigenvalue weighted by Crippen LogP contribution is 2.25. The van der Waals surface area contributed by atoms with Crippen molar-refractivity contribution in [2.75, 3.05) is 18.0 Å². The Kier molecular flexibility index (Phi) is 4.49. The molecule has 0 aromatic carbocycles. The van der Waals surface area contributed by atoms with E-state index in [1.165, 1.54) is 12.5 Å². The van der Waals surface area contributed by atoms with Crippen LogP contribution in [0.25, 0.3) is 0 Å². The Hall–Kier alpha value is -2.06. The number of oxazole rings is 1. The smallest absolute Gasteiger partial charge is 0.432 e. The second kappa shape index (κ2) is 6.15. The fraction of sp³-hybridized carbons (Fsp3) is 0.583. The van der Waals surface area contributed by atoms with E-state index >= 15 is 0 Å². The van der Waals surface area contributed by atoms with E-state index in [4.69, 9.17) is 4.42 Å². The number of hydrogen-bond acceptors (Lipinski definition) is 6. The molecule has 1 saturated heterocycles. The van der Waals surface area contributed by atoms with Crippen LogP contribution in [0.15, 0.2) is 16.9 Å². The Morgan fingerprint density at radius 3 is 2.57 bits per heavy atom. The summed E-state index contributed by atoms with van der Waals surface area (Å²) in [5.74, 6) is -3.73. The van der Waals surface area contributed by atoms with Gasteiger partial charge in [0.15, 0.2) is 0 Å². The van der Waals surface area contributed by atoms with E-state index in [-0.39, 0.29) is 12.3 Å². The fourth-order valence-electron chi connectivity index (χ4n) is 2.14. The Morgan fingerprint density at radius 2 is 2.05 bits per heavy atom. The van der Waals surface area contributed by atoms with Crippen LogP contribution >= 0.6 is 0 Å². The predicted octanol–water partition coefficient (Wildman–Crippen LogP) is 1.91. The van der Waals surface area contributed by atoms with Gasteiger partial charge in [-0.2, -0.15) is 13.2 Å². The second-order valence-electron chi connectivity index (χ2n) is 4.71. The van der Waals surface area contributed by atoms with Gasteiger partial charge >= 0.3 is 18.1 Å². The summed E-state index contributed by atoms with van der Waals surface area (Å²) in [5.41, 5.74) is 0. The zero-order valence-corrected chi connectivity index (χ0v) is 10.9. The number of ether oxygens (including phenoxy) is 1. The molecule has 0 saturated carbocycles. The van der Waals surface area contributed by atoms with E-state index in [1.807, 2.05) is 4.90 Å². The van der Waals surface area contributed by atoms with Crippen molar-refractivity contribution < 1.29 is 31.9 Å². The van der Waals surface area contributed by atoms with Crippen molar-refractivity contribution in [1.29, 1.82) is 0 Å². The van der Waals surface area contributed by atoms with Gasteiger partial charge in [-0.3, -0.25) is 4.79 Å². The number of aromatic nitrogens is 1. The fourth-order valence-corrected chi connectivity index (χ4v) is 2.14. The molecular formula is C12H13F3N2O4. The minimum atomic E-state index is -5.15. The third kappa shape index (κ3) is 4.20. The largest absolute Gasteiger partial charge is 0.491 e. The van der Waals surface area contributed by atoms with Crippen LogP contribution in [0, 0.1) is 5.92 Å². The molecule has 1 aliphatic heterocycles. The quantitative estimate of drug-likeness (QED) is 0.627. The summed E-state index contributed by atoms with van der Waals surface area (Å²) in [4.78, 5) is 27.7. The summed E-state index contributed by atoms with van der Waals surface area (Å²) >= 11 is 0. The summed E-state index contributed by atoms with van der Waals surface area (Å²) in [6, 6.07) is 0.475. The summed E-state index contributed by atoms with van der Waals surface area (Å²) in [5, 5.41) is 0. The number of alkyl halides is 3.